The van der Waals surface area contributed by atoms with Crippen molar-refractivity contribution in [3.8, 4) is 0 Å². The molecule has 1 saturated carbocycles. The highest BCUT2D eigenvalue weighted by molar-refractivity contribution is 8.18. The van der Waals surface area contributed by atoms with Crippen LogP contribution in [0.1, 0.15) is 41.6 Å². The number of aliphatic imine (C=N–C) groups is 1. The smallest absolute Gasteiger partial charge is 0.335 e. The van der Waals surface area contributed by atoms with Gasteiger partial charge in [-0.05, 0) is 84.8 Å². The summed E-state index contributed by atoms with van der Waals surface area (Å²) in [6.45, 7) is 0. The van der Waals surface area contributed by atoms with Crippen molar-refractivity contribution in [2.45, 2.75) is 34.9 Å². The minimum absolute atomic E-state index is 0.114. The van der Waals surface area contributed by atoms with Gasteiger partial charge in [-0.1, -0.05) is 30.7 Å². The number of hydrogen-bond donors (Lipinski definition) is 2. The lowest BCUT2D eigenvalue weighted by atomic mass is 9.81. The van der Waals surface area contributed by atoms with Crippen molar-refractivity contribution in [1.82, 2.24) is 10.3 Å². The molecule has 47 heavy (non-hydrogen) atoms. The van der Waals surface area contributed by atoms with E-state index in [0.29, 0.717) is 36.9 Å². The van der Waals surface area contributed by atoms with E-state index in [0.717, 1.165) is 53.9 Å². The molecule has 15 heteroatoms. The van der Waals surface area contributed by atoms with Gasteiger partial charge in [-0.3, -0.25) is 29.4 Å². The largest absolute Gasteiger partial charge is 0.478 e. The second-order valence-electron chi connectivity index (χ2n) is 11.1. The average Bonchev–Trinajstić information content (AvgIpc) is 3.70. The maximum atomic E-state index is 13.1. The molecule has 0 spiro atoms. The van der Waals surface area contributed by atoms with E-state index in [2.05, 4.69) is 15.3 Å². The number of hydrogen-bond acceptors (Lipinski definition) is 11. The molecule has 3 fully saturated rings. The number of carboxylic acid groups (broad SMARTS) is 1. The van der Waals surface area contributed by atoms with Crippen LogP contribution in [0.2, 0.25) is 0 Å². The number of nitro groups is 1. The molecule has 1 aromatic heterocycles. The van der Waals surface area contributed by atoms with Gasteiger partial charge in [-0.2, -0.15) is 0 Å². The van der Waals surface area contributed by atoms with Crippen LogP contribution in [0.4, 0.5) is 17.1 Å². The second-order valence-corrected chi connectivity index (χ2v) is 14.4. The third-order valence-corrected chi connectivity index (χ3v) is 11.2. The van der Waals surface area contributed by atoms with Crippen molar-refractivity contribution in [3.05, 3.63) is 86.8 Å². The van der Waals surface area contributed by atoms with Crippen LogP contribution in [0.15, 0.2) is 79.8 Å². The number of aromatic carboxylic acids is 1. The Kier molecular flexibility index (Phi) is 8.11. The van der Waals surface area contributed by atoms with Crippen molar-refractivity contribution in [2.75, 3.05) is 4.90 Å². The number of fused-ring (bicyclic) bond motifs is 2. The summed E-state index contributed by atoms with van der Waals surface area (Å²) in [7, 11) is 0. The minimum atomic E-state index is -1.06. The number of thioether (sulfide) groups is 1. The Morgan fingerprint density at radius 3 is 2.45 bits per heavy atom. The number of nitro benzene ring substituents is 1. The van der Waals surface area contributed by atoms with Gasteiger partial charge in [0.05, 0.1) is 53.7 Å². The van der Waals surface area contributed by atoms with Gasteiger partial charge in [0, 0.05) is 6.07 Å². The van der Waals surface area contributed by atoms with Gasteiger partial charge in [0.1, 0.15) is 0 Å². The molecule has 3 aromatic carbocycles. The Labute approximate surface area is 279 Å². The van der Waals surface area contributed by atoms with E-state index in [1.54, 1.807) is 30.3 Å². The number of carboxylic acids is 1. The van der Waals surface area contributed by atoms with E-state index < -0.39 is 16.8 Å². The maximum absolute atomic E-state index is 13.1. The SMILES string of the molecule is O=C1NC(=Nc2ccc(C(=O)O)cc2)S/C1=C\c1ccc(Sc2nc3ccc(N4C(=O)[C@@H]5CCCC[C@H]5C4=O)cc3s2)c([N+](=O)[O-])c1. The summed E-state index contributed by atoms with van der Waals surface area (Å²) < 4.78 is 1.31. The Morgan fingerprint density at radius 1 is 1.04 bits per heavy atom. The number of amides is 3. The molecule has 4 aromatic rings. The molecule has 2 saturated heterocycles. The van der Waals surface area contributed by atoms with Crippen molar-refractivity contribution in [1.29, 1.82) is 0 Å². The van der Waals surface area contributed by atoms with Crippen LogP contribution in [-0.2, 0) is 14.4 Å². The first-order chi connectivity index (χ1) is 22.6. The molecule has 2 atom stereocenters. The van der Waals surface area contributed by atoms with Gasteiger partial charge in [0.15, 0.2) is 9.51 Å². The van der Waals surface area contributed by atoms with Crippen molar-refractivity contribution in [2.24, 2.45) is 16.8 Å². The van der Waals surface area contributed by atoms with Gasteiger partial charge in [0.2, 0.25) is 11.8 Å². The van der Waals surface area contributed by atoms with E-state index >= 15 is 0 Å². The minimum Gasteiger partial charge on any atom is -0.478 e. The van der Waals surface area contributed by atoms with E-state index in [-0.39, 0.29) is 39.8 Å². The highest BCUT2D eigenvalue weighted by Gasteiger charge is 2.48. The fourth-order valence-corrected chi connectivity index (χ4v) is 8.85. The number of carbonyl (C=O) groups is 4. The molecule has 12 nitrogen and oxygen atoms in total. The van der Waals surface area contributed by atoms with Crippen molar-refractivity contribution in [3.63, 3.8) is 0 Å². The number of amidine groups is 1. The zero-order chi connectivity index (χ0) is 32.8. The first kappa shape index (κ1) is 30.8. The van der Waals surface area contributed by atoms with Crippen LogP contribution in [0.5, 0.6) is 0 Å². The van der Waals surface area contributed by atoms with Crippen LogP contribution >= 0.6 is 34.9 Å². The Bertz CT molecular complexity index is 2050. The lowest BCUT2D eigenvalue weighted by Crippen LogP contribution is -2.30. The topological polar surface area (TPSA) is 172 Å². The maximum Gasteiger partial charge on any atom is 0.335 e. The Hall–Kier alpha value is -4.86. The number of rotatable bonds is 7. The average molecular weight is 686 g/mol. The molecular weight excluding hydrogens is 663 g/mol. The van der Waals surface area contributed by atoms with Gasteiger partial charge in [0.25, 0.3) is 11.6 Å². The van der Waals surface area contributed by atoms with Crippen LogP contribution in [0.3, 0.4) is 0 Å². The quantitative estimate of drug-likeness (QED) is 0.0931. The number of aromatic nitrogens is 1. The molecule has 0 radical (unpaired) electrons. The van der Waals surface area contributed by atoms with Crippen molar-refractivity contribution < 1.29 is 29.2 Å². The molecule has 7 rings (SSSR count). The van der Waals surface area contributed by atoms with E-state index in [1.165, 1.54) is 52.6 Å². The fourth-order valence-electron chi connectivity index (χ4n) is 5.87. The molecule has 0 bridgehead atoms. The summed E-state index contributed by atoms with van der Waals surface area (Å²) in [5.41, 5.74) is 2.03. The Morgan fingerprint density at radius 2 is 1.77 bits per heavy atom. The number of nitrogens with one attached hydrogen (secondary N) is 1. The summed E-state index contributed by atoms with van der Waals surface area (Å²) in [5, 5.41) is 24.1. The number of imide groups is 1. The summed E-state index contributed by atoms with van der Waals surface area (Å²) in [4.78, 5) is 72.3. The number of nitrogens with zero attached hydrogens (tertiary/aromatic N) is 4. The monoisotopic (exact) mass is 685 g/mol. The fraction of sp³-hybridized carbons (Fsp3) is 0.188. The third kappa shape index (κ3) is 6.04. The van der Waals surface area contributed by atoms with E-state index in [4.69, 9.17) is 5.11 Å². The van der Waals surface area contributed by atoms with Crippen LogP contribution in [0, 0.1) is 22.0 Å². The highest BCUT2D eigenvalue weighted by Crippen LogP contribution is 2.43. The number of benzene rings is 3. The summed E-state index contributed by atoms with van der Waals surface area (Å²) in [6.07, 6.45) is 4.90. The molecule has 0 unspecified atom stereocenters. The lowest BCUT2D eigenvalue weighted by Gasteiger charge is -2.19. The predicted octanol–water partition coefficient (Wildman–Crippen LogP) is 6.63. The molecule has 2 aliphatic heterocycles. The summed E-state index contributed by atoms with van der Waals surface area (Å²) in [5.74, 6) is -2.26. The predicted molar refractivity (Wildman–Crippen MR) is 179 cm³/mol. The number of carbonyl (C=O) groups excluding carboxylic acids is 3. The highest BCUT2D eigenvalue weighted by atomic mass is 32.2. The van der Waals surface area contributed by atoms with Crippen LogP contribution in [0.25, 0.3) is 16.3 Å². The van der Waals surface area contributed by atoms with Crippen LogP contribution < -0.4 is 10.2 Å². The molecule has 1 aliphatic carbocycles. The van der Waals surface area contributed by atoms with Gasteiger partial charge in [-0.25, -0.2) is 14.8 Å². The van der Waals surface area contributed by atoms with Crippen LogP contribution in [-0.4, -0.2) is 43.9 Å². The molecule has 3 aliphatic rings. The molecule has 2 N–H and O–H groups in total. The number of anilines is 1. The first-order valence-electron chi connectivity index (χ1n) is 14.5. The van der Waals surface area contributed by atoms with E-state index in [9.17, 15) is 29.3 Å². The Balaban J connectivity index is 1.09. The number of thiazole rings is 1. The lowest BCUT2D eigenvalue weighted by molar-refractivity contribution is -0.387. The molecule has 236 valence electrons. The summed E-state index contributed by atoms with van der Waals surface area (Å²) >= 11 is 3.52. The summed E-state index contributed by atoms with van der Waals surface area (Å²) in [6, 6.07) is 15.8. The van der Waals surface area contributed by atoms with Gasteiger partial charge >= 0.3 is 5.97 Å². The standard InChI is InChI=1S/C32H23N5O7S3/c38-27-26(45-31(35-27)33-18-8-6-17(7-9-18)30(41)42)14-16-5-12-24(23(13-16)37(43)44)46-32-34-22-11-10-19(15-25(22)47-32)36-28(39)20-3-1-2-4-21(20)29(36)40/h5-15,20-21H,1-4H2,(H,41,42)(H,33,35,38)/b26-14-/t20-,21-/m1/s1. The molecule has 3 amide bonds. The zero-order valence-electron chi connectivity index (χ0n) is 24.2. The van der Waals surface area contributed by atoms with Gasteiger partial charge in [-0.15, -0.1) is 11.3 Å². The van der Waals surface area contributed by atoms with Crippen molar-refractivity contribution >= 4 is 97.1 Å². The second kappa shape index (κ2) is 12.4. The zero-order valence-corrected chi connectivity index (χ0v) is 26.7. The first-order valence-corrected chi connectivity index (χ1v) is 17.0. The molecular formula is C32H23N5O7S3. The van der Waals surface area contributed by atoms with E-state index in [1.807, 2.05) is 0 Å². The van der Waals surface area contributed by atoms with Gasteiger partial charge < -0.3 is 10.4 Å². The molecule has 3 heterocycles. The normalized spacial score (nSPS) is 21.1. The third-order valence-electron chi connectivity index (χ3n) is 8.12.